The molecule has 1 atom stereocenters. The number of benzene rings is 2. The number of morpholine rings is 1. The fraction of sp³-hybridized carbons (Fsp3) is 0.360. The Balaban J connectivity index is 1.76. The molecule has 8 heteroatoms. The smallest absolute Gasteiger partial charge is 0.254 e. The highest BCUT2D eigenvalue weighted by Gasteiger charge is 2.30. The van der Waals surface area contributed by atoms with Crippen molar-refractivity contribution in [1.29, 1.82) is 0 Å². The molecule has 6 nitrogen and oxygen atoms in total. The number of aromatic nitrogens is 1. The van der Waals surface area contributed by atoms with Gasteiger partial charge >= 0.3 is 0 Å². The molecule has 1 saturated heterocycles. The highest BCUT2D eigenvalue weighted by atomic mass is 35.5. The van der Waals surface area contributed by atoms with Crippen LogP contribution in [0.5, 0.6) is 0 Å². The summed E-state index contributed by atoms with van der Waals surface area (Å²) >= 11 is 6.01. The van der Waals surface area contributed by atoms with Crippen LogP contribution in [0.15, 0.2) is 53.1 Å². The van der Waals surface area contributed by atoms with E-state index in [0.717, 1.165) is 6.42 Å². The number of nitrogens with zero attached hydrogens (tertiary/aromatic N) is 3. The second-order valence-corrected chi connectivity index (χ2v) is 8.53. The molecule has 33 heavy (non-hydrogen) atoms. The molecule has 3 aromatic rings. The molecule has 0 saturated carbocycles. The Morgan fingerprint density at radius 2 is 1.88 bits per heavy atom. The molecular weight excluding hydrogens is 445 g/mol. The van der Waals surface area contributed by atoms with Crippen LogP contribution in [0.4, 0.5) is 10.3 Å². The number of ether oxygens (including phenoxy) is 1. The Morgan fingerprint density at radius 3 is 2.55 bits per heavy atom. The maximum absolute atomic E-state index is 14.7. The van der Waals surface area contributed by atoms with Crippen molar-refractivity contribution in [3.63, 3.8) is 0 Å². The zero-order valence-electron chi connectivity index (χ0n) is 18.8. The summed E-state index contributed by atoms with van der Waals surface area (Å²) in [4.78, 5) is 17.3. The highest BCUT2D eigenvalue weighted by Crippen LogP contribution is 2.35. The monoisotopic (exact) mass is 471 g/mol. The third-order valence-electron chi connectivity index (χ3n) is 6.00. The van der Waals surface area contributed by atoms with E-state index < -0.39 is 0 Å². The molecule has 1 aliphatic rings. The lowest BCUT2D eigenvalue weighted by atomic mass is 10.0. The van der Waals surface area contributed by atoms with Crippen LogP contribution in [0.2, 0.25) is 5.02 Å². The average molecular weight is 472 g/mol. The molecule has 0 bridgehead atoms. The van der Waals surface area contributed by atoms with E-state index in [2.05, 4.69) is 5.16 Å². The van der Waals surface area contributed by atoms with Crippen molar-refractivity contribution in [1.82, 2.24) is 10.1 Å². The molecule has 0 aliphatic carbocycles. The van der Waals surface area contributed by atoms with Gasteiger partial charge in [-0.05, 0) is 49.7 Å². The summed E-state index contributed by atoms with van der Waals surface area (Å²) in [5, 5.41) is 4.82. The van der Waals surface area contributed by atoms with Crippen LogP contribution in [-0.2, 0) is 11.3 Å². The van der Waals surface area contributed by atoms with E-state index in [1.807, 2.05) is 18.7 Å². The molecule has 1 amide bonds. The van der Waals surface area contributed by atoms with E-state index in [0.29, 0.717) is 59.6 Å². The van der Waals surface area contributed by atoms with Crippen molar-refractivity contribution in [2.75, 3.05) is 31.2 Å². The van der Waals surface area contributed by atoms with Gasteiger partial charge in [0.05, 0.1) is 25.3 Å². The molecule has 1 fully saturated rings. The fourth-order valence-electron chi connectivity index (χ4n) is 3.90. The Kier molecular flexibility index (Phi) is 7.30. The van der Waals surface area contributed by atoms with E-state index in [9.17, 15) is 9.18 Å². The van der Waals surface area contributed by atoms with Crippen LogP contribution >= 0.6 is 11.6 Å². The van der Waals surface area contributed by atoms with E-state index in [4.69, 9.17) is 20.9 Å². The van der Waals surface area contributed by atoms with Crippen molar-refractivity contribution in [3.05, 3.63) is 70.5 Å². The average Bonchev–Trinajstić information content (AvgIpc) is 3.26. The van der Waals surface area contributed by atoms with Crippen molar-refractivity contribution < 1.29 is 18.4 Å². The summed E-state index contributed by atoms with van der Waals surface area (Å²) < 4.78 is 26.0. The molecule has 0 radical (unpaired) electrons. The van der Waals surface area contributed by atoms with Crippen molar-refractivity contribution in [2.24, 2.45) is 0 Å². The molecule has 4 rings (SSSR count). The minimum atomic E-state index is -0.389. The molecule has 2 heterocycles. The summed E-state index contributed by atoms with van der Waals surface area (Å²) in [6, 6.07) is 13.2. The Hall–Kier alpha value is -2.90. The van der Waals surface area contributed by atoms with Crippen molar-refractivity contribution in [3.8, 4) is 11.3 Å². The first-order chi connectivity index (χ1) is 16.0. The third-order valence-corrected chi connectivity index (χ3v) is 6.25. The van der Waals surface area contributed by atoms with Crippen LogP contribution in [0.1, 0.15) is 36.2 Å². The van der Waals surface area contributed by atoms with E-state index in [1.165, 1.54) is 6.07 Å². The van der Waals surface area contributed by atoms with Gasteiger partial charge < -0.3 is 19.1 Å². The predicted molar refractivity (Wildman–Crippen MR) is 126 cm³/mol. The quantitative estimate of drug-likeness (QED) is 0.461. The van der Waals surface area contributed by atoms with Gasteiger partial charge in [0.15, 0.2) is 0 Å². The van der Waals surface area contributed by atoms with Crippen LogP contribution in [0.3, 0.4) is 0 Å². The van der Waals surface area contributed by atoms with E-state index in [-0.39, 0.29) is 24.3 Å². The maximum Gasteiger partial charge on any atom is 0.254 e. The molecule has 1 aromatic heterocycles. The minimum Gasteiger partial charge on any atom is -0.378 e. The van der Waals surface area contributed by atoms with Gasteiger partial charge in [-0.15, -0.1) is 0 Å². The van der Waals surface area contributed by atoms with Gasteiger partial charge in [0, 0.05) is 35.3 Å². The molecule has 0 unspecified atom stereocenters. The molecule has 174 valence electrons. The number of carbonyl (C=O) groups excluding carboxylic acids is 1. The lowest BCUT2D eigenvalue weighted by molar-refractivity contribution is 0.0671. The maximum atomic E-state index is 14.7. The largest absolute Gasteiger partial charge is 0.378 e. The van der Waals surface area contributed by atoms with Gasteiger partial charge in [0.1, 0.15) is 11.5 Å². The Labute approximate surface area is 197 Å². The van der Waals surface area contributed by atoms with Gasteiger partial charge in [-0.3, -0.25) is 4.79 Å². The Morgan fingerprint density at radius 1 is 1.18 bits per heavy atom. The summed E-state index contributed by atoms with van der Waals surface area (Å²) in [5.41, 5.74) is 1.98. The first-order valence-corrected chi connectivity index (χ1v) is 11.5. The second-order valence-electron chi connectivity index (χ2n) is 8.09. The topological polar surface area (TPSA) is 58.8 Å². The number of hydrogen-bond donors (Lipinski definition) is 0. The molecule has 1 aliphatic heterocycles. The van der Waals surface area contributed by atoms with Crippen LogP contribution in [0, 0.1) is 5.82 Å². The second kappa shape index (κ2) is 10.4. The standard InChI is InChI=1S/C25H27ClFN3O3/c1-3-17(2)30(24(31)18-8-10-19(26)11-9-18)16-21-23(20-6-4-5-7-22(20)27)28-33-25(21)29-12-14-32-15-13-29/h4-11,17H,3,12-16H2,1-2H3/t17-/m0/s1. The van der Waals surface area contributed by atoms with Crippen LogP contribution < -0.4 is 4.90 Å². The first kappa shape index (κ1) is 23.3. The first-order valence-electron chi connectivity index (χ1n) is 11.1. The Bertz CT molecular complexity index is 1100. The molecule has 0 N–H and O–H groups in total. The molecule has 2 aromatic carbocycles. The van der Waals surface area contributed by atoms with Gasteiger partial charge in [0.25, 0.3) is 5.91 Å². The summed E-state index contributed by atoms with van der Waals surface area (Å²) in [5.74, 6) is 0.0306. The zero-order chi connectivity index (χ0) is 23.4. The summed E-state index contributed by atoms with van der Waals surface area (Å²) in [6.07, 6.45) is 0.756. The third kappa shape index (κ3) is 5.04. The van der Waals surface area contributed by atoms with E-state index in [1.54, 1.807) is 47.4 Å². The number of halogens is 2. The molecule has 0 spiro atoms. The van der Waals surface area contributed by atoms with Gasteiger partial charge in [-0.2, -0.15) is 0 Å². The van der Waals surface area contributed by atoms with Gasteiger partial charge in [0.2, 0.25) is 5.88 Å². The van der Waals surface area contributed by atoms with Crippen LogP contribution in [-0.4, -0.2) is 48.3 Å². The van der Waals surface area contributed by atoms with Gasteiger partial charge in [-0.1, -0.05) is 35.8 Å². The van der Waals surface area contributed by atoms with Crippen molar-refractivity contribution in [2.45, 2.75) is 32.9 Å². The summed E-state index contributed by atoms with van der Waals surface area (Å²) in [6.45, 7) is 6.65. The highest BCUT2D eigenvalue weighted by molar-refractivity contribution is 6.30. The number of anilines is 1. The normalized spacial score (nSPS) is 14.8. The molecular formula is C25H27ClFN3O3. The van der Waals surface area contributed by atoms with Crippen LogP contribution in [0.25, 0.3) is 11.3 Å². The number of hydrogen-bond acceptors (Lipinski definition) is 5. The number of amides is 1. The number of rotatable bonds is 7. The summed E-state index contributed by atoms with van der Waals surface area (Å²) in [7, 11) is 0. The van der Waals surface area contributed by atoms with Gasteiger partial charge in [-0.25, -0.2) is 4.39 Å². The fourth-order valence-corrected chi connectivity index (χ4v) is 4.03. The van der Waals surface area contributed by atoms with E-state index >= 15 is 0 Å². The SMILES string of the molecule is CC[C@H](C)N(Cc1c(-c2ccccc2F)noc1N1CCOCC1)C(=O)c1ccc(Cl)cc1. The zero-order valence-corrected chi connectivity index (χ0v) is 19.5. The lowest BCUT2D eigenvalue weighted by Gasteiger charge is -2.31. The van der Waals surface area contributed by atoms with Crippen molar-refractivity contribution >= 4 is 23.4 Å². The minimum absolute atomic E-state index is 0.0610. The number of carbonyl (C=O) groups is 1. The lowest BCUT2D eigenvalue weighted by Crippen LogP contribution is -2.39. The predicted octanol–water partition coefficient (Wildman–Crippen LogP) is 5.41.